The molecule has 0 bridgehead atoms. The first-order valence-corrected chi connectivity index (χ1v) is 12.2. The second-order valence-corrected chi connectivity index (χ2v) is 10.3. The normalized spacial score (nSPS) is 23.2. The first-order chi connectivity index (χ1) is 13.9. The molecule has 3 rings (SSSR count). The Kier molecular flexibility index (Phi) is 9.81. The van der Waals surface area contributed by atoms with E-state index in [4.69, 9.17) is 4.74 Å². The number of ether oxygens (including phenoxy) is 1. The maximum Gasteiger partial charge on any atom is 0.121 e. The van der Waals surface area contributed by atoms with E-state index < -0.39 is 0 Å². The van der Waals surface area contributed by atoms with E-state index in [-0.39, 0.29) is 12.4 Å². The minimum absolute atomic E-state index is 0. The average molecular weight is 437 g/mol. The quantitative estimate of drug-likeness (QED) is 0.470. The Hall–Kier alpha value is -0.930. The number of piperazine rings is 1. The highest BCUT2D eigenvalue weighted by Crippen LogP contribution is 2.45. The molecule has 1 saturated carbocycles. The topological polar surface area (TPSA) is 15.7 Å². The summed E-state index contributed by atoms with van der Waals surface area (Å²) < 4.78 is 5.88. The van der Waals surface area contributed by atoms with Crippen LogP contribution in [0.1, 0.15) is 84.6 Å². The van der Waals surface area contributed by atoms with Gasteiger partial charge in [-0.1, -0.05) is 40.2 Å². The second-order valence-electron chi connectivity index (χ2n) is 10.3. The van der Waals surface area contributed by atoms with E-state index >= 15 is 0 Å². The van der Waals surface area contributed by atoms with Gasteiger partial charge in [0.15, 0.2) is 0 Å². The number of unbranched alkanes of at least 4 members (excludes halogenated alkanes) is 1. The van der Waals surface area contributed by atoms with E-state index in [2.05, 4.69) is 62.6 Å². The molecule has 0 radical (unpaired) electrons. The molecular weight excluding hydrogens is 392 g/mol. The Morgan fingerprint density at radius 2 is 1.63 bits per heavy atom. The monoisotopic (exact) mass is 436 g/mol. The molecule has 0 spiro atoms. The molecule has 3 nitrogen and oxygen atoms in total. The van der Waals surface area contributed by atoms with Crippen LogP contribution in [0.2, 0.25) is 0 Å². The second kappa shape index (κ2) is 11.6. The van der Waals surface area contributed by atoms with Gasteiger partial charge in [-0.15, -0.1) is 12.4 Å². The lowest BCUT2D eigenvalue weighted by molar-refractivity contribution is 0.169. The number of anilines is 1. The highest BCUT2D eigenvalue weighted by molar-refractivity contribution is 5.85. The van der Waals surface area contributed by atoms with Crippen molar-refractivity contribution in [2.24, 2.45) is 11.3 Å². The van der Waals surface area contributed by atoms with Crippen LogP contribution in [0.4, 0.5) is 5.69 Å². The van der Waals surface area contributed by atoms with Crippen molar-refractivity contribution in [3.05, 3.63) is 23.8 Å². The smallest absolute Gasteiger partial charge is 0.121 e. The summed E-state index contributed by atoms with van der Waals surface area (Å²) in [5.41, 5.74) is 3.47. The molecule has 2 aliphatic rings. The molecule has 1 aromatic rings. The predicted molar refractivity (Wildman–Crippen MR) is 133 cm³/mol. The van der Waals surface area contributed by atoms with Crippen molar-refractivity contribution in [2.75, 3.05) is 44.2 Å². The highest BCUT2D eigenvalue weighted by atomic mass is 35.5. The van der Waals surface area contributed by atoms with Gasteiger partial charge in [-0.3, -0.25) is 4.90 Å². The van der Waals surface area contributed by atoms with Gasteiger partial charge in [0, 0.05) is 37.9 Å². The van der Waals surface area contributed by atoms with Gasteiger partial charge in [0.1, 0.15) is 5.75 Å². The maximum atomic E-state index is 5.88. The van der Waals surface area contributed by atoms with E-state index in [1.54, 1.807) is 5.56 Å². The van der Waals surface area contributed by atoms with Crippen LogP contribution in [0.5, 0.6) is 5.75 Å². The molecule has 0 N–H and O–H groups in total. The van der Waals surface area contributed by atoms with E-state index in [0.29, 0.717) is 11.3 Å². The van der Waals surface area contributed by atoms with E-state index in [1.807, 2.05) is 0 Å². The summed E-state index contributed by atoms with van der Waals surface area (Å²) in [7, 11) is 0. The minimum atomic E-state index is 0. The third kappa shape index (κ3) is 6.53. The van der Waals surface area contributed by atoms with Crippen molar-refractivity contribution in [1.82, 2.24) is 4.90 Å². The SMILES string of the molecule is CCCCN1CCN(c2cc(OCC)ccc2C2CCC(C(C)(C)C)CC2)CC1.Cl. The summed E-state index contributed by atoms with van der Waals surface area (Å²) in [4.78, 5) is 5.27. The number of benzene rings is 1. The van der Waals surface area contributed by atoms with E-state index in [9.17, 15) is 0 Å². The first kappa shape index (κ1) is 25.3. The van der Waals surface area contributed by atoms with Crippen LogP contribution < -0.4 is 9.64 Å². The molecule has 1 heterocycles. The molecule has 0 atom stereocenters. The molecule has 1 saturated heterocycles. The van der Waals surface area contributed by atoms with Crippen LogP contribution in [-0.4, -0.2) is 44.2 Å². The zero-order valence-electron chi connectivity index (χ0n) is 20.1. The molecule has 0 unspecified atom stereocenters. The fourth-order valence-electron chi connectivity index (χ4n) is 5.26. The molecule has 0 amide bonds. The van der Waals surface area contributed by atoms with Gasteiger partial charge in [0.05, 0.1) is 6.61 Å². The molecule has 4 heteroatoms. The molecule has 0 aromatic heterocycles. The van der Waals surface area contributed by atoms with Gasteiger partial charge in [-0.05, 0) is 74.5 Å². The van der Waals surface area contributed by atoms with Crippen molar-refractivity contribution in [3.8, 4) is 5.75 Å². The van der Waals surface area contributed by atoms with Gasteiger partial charge >= 0.3 is 0 Å². The van der Waals surface area contributed by atoms with Crippen molar-refractivity contribution in [2.45, 2.75) is 79.1 Å². The maximum absolute atomic E-state index is 5.88. The van der Waals surface area contributed by atoms with Gasteiger partial charge < -0.3 is 9.64 Å². The highest BCUT2D eigenvalue weighted by Gasteiger charge is 2.32. The molecule has 1 aromatic carbocycles. The number of hydrogen-bond donors (Lipinski definition) is 0. The summed E-state index contributed by atoms with van der Waals surface area (Å²) in [6, 6.07) is 6.91. The van der Waals surface area contributed by atoms with Crippen molar-refractivity contribution < 1.29 is 4.74 Å². The number of halogens is 1. The average Bonchev–Trinajstić information content (AvgIpc) is 2.72. The standard InChI is InChI=1S/C26H44N2O.ClH/c1-6-8-15-27-16-18-28(19-17-27)25-20-23(29-7-2)13-14-24(25)21-9-11-22(12-10-21)26(3,4)5;/h13-14,20-22H,6-12,15-19H2,1-5H3;1H. The molecule has 1 aliphatic carbocycles. The molecule has 30 heavy (non-hydrogen) atoms. The Morgan fingerprint density at radius 1 is 0.967 bits per heavy atom. The zero-order chi connectivity index (χ0) is 20.9. The van der Waals surface area contributed by atoms with Crippen LogP contribution in [-0.2, 0) is 0 Å². The van der Waals surface area contributed by atoms with Gasteiger partial charge in [0.2, 0.25) is 0 Å². The number of hydrogen-bond acceptors (Lipinski definition) is 3. The van der Waals surface area contributed by atoms with Crippen LogP contribution in [0.25, 0.3) is 0 Å². The number of rotatable bonds is 7. The Bertz CT molecular complexity index is 626. The van der Waals surface area contributed by atoms with Crippen molar-refractivity contribution in [1.29, 1.82) is 0 Å². The molecule has 1 aliphatic heterocycles. The minimum Gasteiger partial charge on any atom is -0.494 e. The van der Waals surface area contributed by atoms with Gasteiger partial charge in [-0.25, -0.2) is 0 Å². The Labute approximate surface area is 192 Å². The van der Waals surface area contributed by atoms with Crippen molar-refractivity contribution >= 4 is 18.1 Å². The third-order valence-corrected chi connectivity index (χ3v) is 7.25. The van der Waals surface area contributed by atoms with E-state index in [0.717, 1.165) is 31.4 Å². The number of nitrogens with zero attached hydrogens (tertiary/aromatic N) is 2. The Morgan fingerprint density at radius 3 is 2.20 bits per heavy atom. The van der Waals surface area contributed by atoms with Gasteiger partial charge in [0.25, 0.3) is 0 Å². The zero-order valence-corrected chi connectivity index (χ0v) is 20.9. The summed E-state index contributed by atoms with van der Waals surface area (Å²) in [5, 5.41) is 0. The molecular formula is C26H45ClN2O. The summed E-state index contributed by atoms with van der Waals surface area (Å²) in [6.45, 7) is 18.3. The summed E-state index contributed by atoms with van der Waals surface area (Å²) >= 11 is 0. The van der Waals surface area contributed by atoms with E-state index in [1.165, 1.54) is 63.8 Å². The third-order valence-electron chi connectivity index (χ3n) is 7.25. The van der Waals surface area contributed by atoms with Gasteiger partial charge in [-0.2, -0.15) is 0 Å². The molecule has 172 valence electrons. The fraction of sp³-hybridized carbons (Fsp3) is 0.769. The summed E-state index contributed by atoms with van der Waals surface area (Å²) in [6.07, 6.45) is 8.01. The van der Waals surface area contributed by atoms with Crippen LogP contribution >= 0.6 is 12.4 Å². The van der Waals surface area contributed by atoms with Crippen LogP contribution in [0.3, 0.4) is 0 Å². The largest absolute Gasteiger partial charge is 0.494 e. The van der Waals surface area contributed by atoms with Crippen molar-refractivity contribution in [3.63, 3.8) is 0 Å². The van der Waals surface area contributed by atoms with Crippen LogP contribution in [0.15, 0.2) is 18.2 Å². The fourth-order valence-corrected chi connectivity index (χ4v) is 5.26. The summed E-state index contributed by atoms with van der Waals surface area (Å²) in [5.74, 6) is 2.60. The lowest BCUT2D eigenvalue weighted by atomic mass is 9.68. The predicted octanol–water partition coefficient (Wildman–Crippen LogP) is 6.75. The molecule has 2 fully saturated rings. The lowest BCUT2D eigenvalue weighted by Crippen LogP contribution is -2.47. The first-order valence-electron chi connectivity index (χ1n) is 12.2. The van der Waals surface area contributed by atoms with Crippen LogP contribution in [0, 0.1) is 11.3 Å². The Balaban J connectivity index is 0.00000320. The lowest BCUT2D eigenvalue weighted by Gasteiger charge is -2.40.